The van der Waals surface area contributed by atoms with Crippen LogP contribution in [0.15, 0.2) is 76.5 Å². The Morgan fingerprint density at radius 2 is 1.65 bits per heavy atom. The summed E-state index contributed by atoms with van der Waals surface area (Å²) in [5.41, 5.74) is 0.833. The van der Waals surface area contributed by atoms with Crippen LogP contribution in [0, 0.1) is 0 Å². The molecule has 1 fully saturated rings. The van der Waals surface area contributed by atoms with E-state index in [0.717, 1.165) is 6.42 Å². The first-order valence-corrected chi connectivity index (χ1v) is 9.93. The molecule has 26 heavy (non-hydrogen) atoms. The average molecular weight is 365 g/mol. The molecule has 0 aromatic heterocycles. The van der Waals surface area contributed by atoms with Crippen molar-refractivity contribution in [2.75, 3.05) is 6.61 Å². The molecule has 4 rings (SSSR count). The fourth-order valence-corrected chi connectivity index (χ4v) is 4.48. The van der Waals surface area contributed by atoms with E-state index in [1.165, 1.54) is 26.1 Å². The van der Waals surface area contributed by atoms with E-state index in [1.807, 2.05) is 13.8 Å². The van der Waals surface area contributed by atoms with E-state index < -0.39 is 5.79 Å². The van der Waals surface area contributed by atoms with Gasteiger partial charge < -0.3 is 9.47 Å². The summed E-state index contributed by atoms with van der Waals surface area (Å²) in [5.74, 6) is -0.530. The summed E-state index contributed by atoms with van der Waals surface area (Å²) in [7, 11) is 0. The molecule has 3 heteroatoms. The maximum Gasteiger partial charge on any atom is 0.164 e. The van der Waals surface area contributed by atoms with Crippen molar-refractivity contribution in [3.05, 3.63) is 72.3 Å². The van der Waals surface area contributed by atoms with Crippen molar-refractivity contribution in [2.24, 2.45) is 0 Å². The van der Waals surface area contributed by atoms with Gasteiger partial charge in [0.2, 0.25) is 0 Å². The maximum atomic E-state index is 6.30. The van der Waals surface area contributed by atoms with Crippen LogP contribution in [0.3, 0.4) is 0 Å². The fraction of sp³-hybridized carbons (Fsp3) is 0.304. The number of fused-ring (bicyclic) bond motifs is 1. The van der Waals surface area contributed by atoms with Crippen molar-refractivity contribution >= 4 is 22.5 Å². The number of benzene rings is 3. The van der Waals surface area contributed by atoms with Crippen molar-refractivity contribution < 1.29 is 9.47 Å². The summed E-state index contributed by atoms with van der Waals surface area (Å²) in [4.78, 5) is 2.47. The highest BCUT2D eigenvalue weighted by Gasteiger charge is 2.45. The van der Waals surface area contributed by atoms with E-state index in [9.17, 15) is 0 Å². The molecule has 0 N–H and O–H groups in total. The Bertz CT molecular complexity index is 934. The highest BCUT2D eigenvalue weighted by atomic mass is 32.2. The Balaban J connectivity index is 1.63. The first kappa shape index (κ1) is 17.6. The van der Waals surface area contributed by atoms with Gasteiger partial charge >= 0.3 is 0 Å². The van der Waals surface area contributed by atoms with Crippen LogP contribution in [0.4, 0.5) is 0 Å². The molecule has 1 unspecified atom stereocenters. The van der Waals surface area contributed by atoms with Crippen molar-refractivity contribution in [2.45, 2.75) is 48.4 Å². The molecule has 0 bridgehead atoms. The van der Waals surface area contributed by atoms with E-state index in [4.69, 9.17) is 9.47 Å². The smallest absolute Gasteiger partial charge is 0.164 e. The van der Waals surface area contributed by atoms with E-state index >= 15 is 0 Å². The lowest BCUT2D eigenvalue weighted by Crippen LogP contribution is -2.31. The zero-order chi connectivity index (χ0) is 18.2. The Hall–Kier alpha value is -1.81. The van der Waals surface area contributed by atoms with Gasteiger partial charge in [-0.2, -0.15) is 0 Å². The Morgan fingerprint density at radius 3 is 2.38 bits per heavy atom. The molecular formula is C23H24O2S. The number of hydrogen-bond donors (Lipinski definition) is 0. The molecule has 3 aromatic carbocycles. The molecule has 0 aliphatic carbocycles. The normalized spacial score (nSPS) is 22.0. The molecule has 1 heterocycles. The third kappa shape index (κ3) is 3.39. The first-order chi connectivity index (χ1) is 12.5. The molecular weight excluding hydrogens is 340 g/mol. The van der Waals surface area contributed by atoms with Crippen LogP contribution in [0.2, 0.25) is 0 Å². The van der Waals surface area contributed by atoms with Gasteiger partial charge in [-0.1, -0.05) is 61.2 Å². The van der Waals surface area contributed by atoms with Crippen LogP contribution in [0.5, 0.6) is 0 Å². The molecule has 0 spiro atoms. The van der Waals surface area contributed by atoms with Gasteiger partial charge in [0.15, 0.2) is 5.79 Å². The minimum absolute atomic E-state index is 0.358. The minimum Gasteiger partial charge on any atom is -0.347 e. The van der Waals surface area contributed by atoms with Crippen LogP contribution in [-0.4, -0.2) is 12.4 Å². The molecule has 134 valence electrons. The number of hydrogen-bond acceptors (Lipinski definition) is 3. The second-order valence-electron chi connectivity index (χ2n) is 7.28. The lowest BCUT2D eigenvalue weighted by Gasteiger charge is -2.29. The van der Waals surface area contributed by atoms with Crippen LogP contribution >= 0.6 is 11.8 Å². The monoisotopic (exact) mass is 364 g/mol. The van der Waals surface area contributed by atoms with Gasteiger partial charge in [-0.15, -0.1) is 0 Å². The lowest BCUT2D eigenvalue weighted by molar-refractivity contribution is -0.164. The van der Waals surface area contributed by atoms with E-state index in [2.05, 4.69) is 73.7 Å². The Morgan fingerprint density at radius 1 is 0.885 bits per heavy atom. The second kappa shape index (κ2) is 6.73. The molecule has 3 aromatic rings. The quantitative estimate of drug-likeness (QED) is 0.535. The summed E-state index contributed by atoms with van der Waals surface area (Å²) in [6.07, 6.45) is 0.889. The van der Waals surface area contributed by atoms with E-state index in [1.54, 1.807) is 11.8 Å². The maximum absolute atomic E-state index is 6.30. The van der Waals surface area contributed by atoms with E-state index in [0.29, 0.717) is 6.61 Å². The highest BCUT2D eigenvalue weighted by molar-refractivity contribution is 7.99. The summed E-state index contributed by atoms with van der Waals surface area (Å²) >= 11 is 1.79. The lowest BCUT2D eigenvalue weighted by atomic mass is 9.92. The third-order valence-electron chi connectivity index (χ3n) is 4.98. The largest absolute Gasteiger partial charge is 0.347 e. The van der Waals surface area contributed by atoms with Crippen molar-refractivity contribution in [3.63, 3.8) is 0 Å². The van der Waals surface area contributed by atoms with Gasteiger partial charge in [0.25, 0.3) is 0 Å². The van der Waals surface area contributed by atoms with Crippen molar-refractivity contribution in [3.8, 4) is 0 Å². The van der Waals surface area contributed by atoms with Gasteiger partial charge in [-0.05, 0) is 60.9 Å². The van der Waals surface area contributed by atoms with Crippen LogP contribution < -0.4 is 0 Å². The van der Waals surface area contributed by atoms with Gasteiger partial charge in [0, 0.05) is 9.79 Å². The van der Waals surface area contributed by atoms with Crippen molar-refractivity contribution in [1.29, 1.82) is 0 Å². The molecule has 1 aliphatic rings. The Labute approximate surface area is 159 Å². The predicted molar refractivity (Wildman–Crippen MR) is 108 cm³/mol. The third-order valence-corrected chi connectivity index (χ3v) is 5.96. The Kier molecular flexibility index (Phi) is 4.55. The molecule has 0 amide bonds. The summed E-state index contributed by atoms with van der Waals surface area (Å²) in [5, 5.41) is 2.54. The van der Waals surface area contributed by atoms with Gasteiger partial charge in [0.05, 0.1) is 6.61 Å². The van der Waals surface area contributed by atoms with Crippen LogP contribution in [-0.2, 0) is 15.1 Å². The first-order valence-electron chi connectivity index (χ1n) is 9.11. The van der Waals surface area contributed by atoms with Crippen molar-refractivity contribution in [1.82, 2.24) is 0 Å². The fourth-order valence-electron chi connectivity index (χ4n) is 3.55. The molecule has 0 radical (unpaired) electrons. The average Bonchev–Trinajstić information content (AvgIpc) is 2.98. The van der Waals surface area contributed by atoms with Gasteiger partial charge in [-0.3, -0.25) is 0 Å². The van der Waals surface area contributed by atoms with E-state index in [-0.39, 0.29) is 5.60 Å². The zero-order valence-electron chi connectivity index (χ0n) is 15.5. The predicted octanol–water partition coefficient (Wildman–Crippen LogP) is 6.38. The summed E-state index contributed by atoms with van der Waals surface area (Å²) in [6.45, 7) is 6.73. The molecule has 1 aliphatic heterocycles. The van der Waals surface area contributed by atoms with Gasteiger partial charge in [0.1, 0.15) is 5.60 Å². The SMILES string of the molecule is CCC1(c2cccc(Sc3ccc4ccccc4c3)c2)COC(C)(C)O1. The topological polar surface area (TPSA) is 18.5 Å². The molecule has 2 nitrogen and oxygen atoms in total. The summed E-state index contributed by atoms with van der Waals surface area (Å²) < 4.78 is 12.2. The zero-order valence-corrected chi connectivity index (χ0v) is 16.3. The number of ether oxygens (including phenoxy) is 2. The molecule has 0 saturated carbocycles. The highest BCUT2D eigenvalue weighted by Crippen LogP contribution is 2.42. The second-order valence-corrected chi connectivity index (χ2v) is 8.42. The van der Waals surface area contributed by atoms with Gasteiger partial charge in [-0.25, -0.2) is 0 Å². The molecule has 1 saturated heterocycles. The molecule has 1 atom stereocenters. The number of rotatable bonds is 4. The standard InChI is InChI=1S/C23H24O2S/c1-4-23(16-24-22(2,3)25-23)19-10-7-11-20(15-19)26-21-13-12-17-8-5-6-9-18(17)14-21/h5-15H,4,16H2,1-3H3. The van der Waals surface area contributed by atoms with Crippen LogP contribution in [0.1, 0.15) is 32.8 Å². The van der Waals surface area contributed by atoms with Crippen LogP contribution in [0.25, 0.3) is 10.8 Å². The summed E-state index contributed by atoms with van der Waals surface area (Å²) in [6, 6.07) is 23.8. The minimum atomic E-state index is -0.530.